The van der Waals surface area contributed by atoms with Crippen molar-refractivity contribution in [1.82, 2.24) is 14.3 Å². The molecule has 2 amide bonds. The quantitative estimate of drug-likeness (QED) is 0.232. The number of para-hydroxylation sites is 1. The first kappa shape index (κ1) is 26.6. The molecule has 1 fully saturated rings. The van der Waals surface area contributed by atoms with Gasteiger partial charge in [-0.15, -0.1) is 0 Å². The molecule has 0 spiro atoms. The first-order valence-electron chi connectivity index (χ1n) is 12.2. The molecule has 0 aliphatic carbocycles. The van der Waals surface area contributed by atoms with Crippen LogP contribution >= 0.6 is 24.0 Å². The van der Waals surface area contributed by atoms with Crippen LogP contribution in [-0.2, 0) is 16.6 Å². The van der Waals surface area contributed by atoms with Crippen molar-refractivity contribution in [1.29, 1.82) is 0 Å². The fourth-order valence-corrected chi connectivity index (χ4v) is 5.46. The van der Waals surface area contributed by atoms with Crippen molar-refractivity contribution in [2.45, 2.75) is 39.5 Å². The molecule has 1 N–H and O–H groups in total. The van der Waals surface area contributed by atoms with Crippen molar-refractivity contribution in [3.63, 3.8) is 0 Å². The van der Waals surface area contributed by atoms with Crippen molar-refractivity contribution < 1.29 is 9.59 Å². The molecule has 37 heavy (non-hydrogen) atoms. The minimum Gasteiger partial charge on any atom is -0.320 e. The summed E-state index contributed by atoms with van der Waals surface area (Å²) in [6.45, 7) is 4.36. The normalized spacial score (nSPS) is 14.6. The summed E-state index contributed by atoms with van der Waals surface area (Å²) in [5.74, 6) is -0.264. The Morgan fingerprint density at radius 2 is 1.70 bits per heavy atom. The number of thioether (sulfide) groups is 1. The number of aryl methyl sites for hydroxylation is 1. The number of unbranched alkanes of at least 4 members (excludes halogenated alkanes) is 2. The Labute approximate surface area is 226 Å². The van der Waals surface area contributed by atoms with Gasteiger partial charge in [0.05, 0.1) is 16.3 Å². The second kappa shape index (κ2) is 11.7. The molecule has 1 aliphatic rings. The maximum absolute atomic E-state index is 13.0. The van der Waals surface area contributed by atoms with E-state index in [0.29, 0.717) is 40.0 Å². The smallest absolute Gasteiger partial charge is 0.295 e. The van der Waals surface area contributed by atoms with Gasteiger partial charge in [-0.25, -0.2) is 4.68 Å². The number of carbonyl (C=O) groups excluding carboxylic acids is 2. The monoisotopic (exact) mass is 534 g/mol. The number of anilines is 1. The molecule has 9 heteroatoms. The van der Waals surface area contributed by atoms with Gasteiger partial charge in [0, 0.05) is 20.0 Å². The van der Waals surface area contributed by atoms with E-state index in [1.54, 1.807) is 21.3 Å². The molecule has 2 aromatic carbocycles. The van der Waals surface area contributed by atoms with Gasteiger partial charge in [0.2, 0.25) is 5.91 Å². The van der Waals surface area contributed by atoms with E-state index in [4.69, 9.17) is 12.2 Å². The predicted octanol–water partition coefficient (Wildman–Crippen LogP) is 5.19. The summed E-state index contributed by atoms with van der Waals surface area (Å²) in [4.78, 5) is 40.6. The number of nitrogens with zero attached hydrogens (tertiary/aromatic N) is 3. The molecule has 7 nitrogen and oxygen atoms in total. The van der Waals surface area contributed by atoms with Gasteiger partial charge in [0.1, 0.15) is 10.0 Å². The molecule has 1 aromatic heterocycles. The minimum atomic E-state index is -0.257. The molecule has 2 heterocycles. The zero-order chi connectivity index (χ0) is 26.5. The zero-order valence-corrected chi connectivity index (χ0v) is 22.8. The van der Waals surface area contributed by atoms with Crippen molar-refractivity contribution in [3.05, 3.63) is 86.7 Å². The summed E-state index contributed by atoms with van der Waals surface area (Å²) in [5, 5.41) is 2.80. The van der Waals surface area contributed by atoms with Gasteiger partial charge >= 0.3 is 0 Å². The van der Waals surface area contributed by atoms with Crippen molar-refractivity contribution in [3.8, 4) is 5.69 Å². The third-order valence-electron chi connectivity index (χ3n) is 6.35. The molecule has 3 aromatic rings. The van der Waals surface area contributed by atoms with Crippen molar-refractivity contribution >= 4 is 51.9 Å². The lowest BCUT2D eigenvalue weighted by Gasteiger charge is -2.14. The van der Waals surface area contributed by atoms with Gasteiger partial charge in [-0.05, 0) is 50.5 Å². The number of amides is 2. The van der Waals surface area contributed by atoms with Gasteiger partial charge in [-0.1, -0.05) is 78.4 Å². The fraction of sp³-hybridized carbons (Fsp3) is 0.286. The van der Waals surface area contributed by atoms with Crippen molar-refractivity contribution in [2.24, 2.45) is 7.05 Å². The summed E-state index contributed by atoms with van der Waals surface area (Å²) >= 11 is 6.75. The number of hydrogen-bond acceptors (Lipinski definition) is 5. The maximum Gasteiger partial charge on any atom is 0.295 e. The first-order chi connectivity index (χ1) is 17.8. The highest BCUT2D eigenvalue weighted by molar-refractivity contribution is 8.26. The SMILES string of the molecule is Cc1ccc(C=C2SC(=S)N(CCCCCC(=O)Nc3c(C)n(C)n(-c4ccccc4)c3=O)C2=O)cc1. The lowest BCUT2D eigenvalue weighted by atomic mass is 10.1. The molecule has 192 valence electrons. The van der Waals surface area contributed by atoms with Crippen LogP contribution in [0.1, 0.15) is 42.5 Å². The first-order valence-corrected chi connectivity index (χ1v) is 13.4. The lowest BCUT2D eigenvalue weighted by Crippen LogP contribution is -2.29. The molecule has 0 saturated carbocycles. The highest BCUT2D eigenvalue weighted by Crippen LogP contribution is 2.32. The van der Waals surface area contributed by atoms with Crippen LogP contribution in [0.4, 0.5) is 5.69 Å². The van der Waals surface area contributed by atoms with Gasteiger partial charge in [0.25, 0.3) is 11.5 Å². The van der Waals surface area contributed by atoms with Gasteiger partial charge < -0.3 is 5.32 Å². The van der Waals surface area contributed by atoms with Crippen LogP contribution in [0.3, 0.4) is 0 Å². The Kier molecular flexibility index (Phi) is 8.45. The summed E-state index contributed by atoms with van der Waals surface area (Å²) in [6, 6.07) is 17.3. The third-order valence-corrected chi connectivity index (χ3v) is 7.73. The number of nitrogens with one attached hydrogen (secondary N) is 1. The van der Waals surface area contributed by atoms with E-state index in [-0.39, 0.29) is 17.4 Å². The Morgan fingerprint density at radius 1 is 1.00 bits per heavy atom. The third kappa shape index (κ3) is 6.11. The Hall–Kier alpha value is -3.43. The van der Waals surface area contributed by atoms with Crippen LogP contribution in [0.15, 0.2) is 64.3 Å². The summed E-state index contributed by atoms with van der Waals surface area (Å²) in [5.41, 5.74) is 3.61. The number of rotatable bonds is 9. The molecule has 1 saturated heterocycles. The van der Waals surface area contributed by atoms with Gasteiger partial charge in [-0.3, -0.25) is 24.0 Å². The second-order valence-electron chi connectivity index (χ2n) is 9.04. The maximum atomic E-state index is 13.0. The Bertz CT molecular complexity index is 1410. The number of benzene rings is 2. The molecule has 0 bridgehead atoms. The Morgan fingerprint density at radius 3 is 2.41 bits per heavy atom. The predicted molar refractivity (Wildman–Crippen MR) is 154 cm³/mol. The van der Waals surface area contributed by atoms with E-state index in [1.165, 1.54) is 17.3 Å². The van der Waals surface area contributed by atoms with Crippen LogP contribution in [-0.4, -0.2) is 36.9 Å². The average Bonchev–Trinajstić information content (AvgIpc) is 3.26. The molecule has 4 rings (SSSR count). The van der Waals surface area contributed by atoms with E-state index in [9.17, 15) is 14.4 Å². The fourth-order valence-electron chi connectivity index (χ4n) is 4.15. The molecule has 0 atom stereocenters. The number of carbonyl (C=O) groups is 2. The molecular formula is C28H30N4O3S2. The van der Waals surface area contributed by atoms with Gasteiger partial charge in [0.15, 0.2) is 0 Å². The molecule has 1 aliphatic heterocycles. The molecule has 0 unspecified atom stereocenters. The highest BCUT2D eigenvalue weighted by Gasteiger charge is 2.31. The van der Waals surface area contributed by atoms with E-state index < -0.39 is 0 Å². The average molecular weight is 535 g/mol. The lowest BCUT2D eigenvalue weighted by molar-refractivity contribution is -0.122. The van der Waals surface area contributed by atoms with E-state index in [1.807, 2.05) is 74.5 Å². The summed E-state index contributed by atoms with van der Waals surface area (Å²) in [7, 11) is 1.79. The van der Waals surface area contributed by atoms with E-state index >= 15 is 0 Å². The number of aromatic nitrogens is 2. The molecule has 0 radical (unpaired) electrons. The zero-order valence-electron chi connectivity index (χ0n) is 21.2. The van der Waals surface area contributed by atoms with Crippen LogP contribution in [0.5, 0.6) is 0 Å². The van der Waals surface area contributed by atoms with E-state index in [0.717, 1.165) is 24.1 Å². The minimum absolute atomic E-state index is 0.0671. The number of thiocarbonyl (C=S) groups is 1. The Balaban J connectivity index is 1.26. The van der Waals surface area contributed by atoms with Crippen LogP contribution in [0.2, 0.25) is 0 Å². The molecular weight excluding hydrogens is 504 g/mol. The van der Waals surface area contributed by atoms with Crippen LogP contribution in [0.25, 0.3) is 11.8 Å². The van der Waals surface area contributed by atoms with E-state index in [2.05, 4.69) is 5.32 Å². The largest absolute Gasteiger partial charge is 0.320 e. The topological polar surface area (TPSA) is 76.3 Å². The summed E-state index contributed by atoms with van der Waals surface area (Å²) in [6.07, 6.45) is 4.33. The van der Waals surface area contributed by atoms with Crippen LogP contribution in [0, 0.1) is 13.8 Å². The number of hydrogen-bond donors (Lipinski definition) is 1. The second-order valence-corrected chi connectivity index (χ2v) is 10.7. The highest BCUT2D eigenvalue weighted by atomic mass is 32.2. The standard InChI is InChI=1S/C28H30N4O3S2/c1-19-13-15-21(16-14-19)18-23-26(34)31(28(36)37-23)17-9-5-8-12-24(33)29-25-20(2)30(3)32(27(25)35)22-10-6-4-7-11-22/h4,6-7,10-11,13-16,18H,5,8-9,12,17H2,1-3H3,(H,29,33). The van der Waals surface area contributed by atoms with Gasteiger partial charge in [-0.2, -0.15) is 0 Å². The van der Waals surface area contributed by atoms with Crippen molar-refractivity contribution in [2.75, 3.05) is 11.9 Å². The van der Waals surface area contributed by atoms with Crippen LogP contribution < -0.4 is 10.9 Å². The summed E-state index contributed by atoms with van der Waals surface area (Å²) < 4.78 is 3.85.